The summed E-state index contributed by atoms with van der Waals surface area (Å²) in [6.07, 6.45) is 1.10. The quantitative estimate of drug-likeness (QED) is 0.799. The molecule has 1 atom stereocenters. The van der Waals surface area contributed by atoms with E-state index < -0.39 is 0 Å². The monoisotopic (exact) mass is 243 g/mol. The van der Waals surface area contributed by atoms with Gasteiger partial charge in [-0.25, -0.2) is 4.98 Å². The van der Waals surface area contributed by atoms with E-state index in [9.17, 15) is 0 Å². The predicted molar refractivity (Wildman–Crippen MR) is 67.9 cm³/mol. The van der Waals surface area contributed by atoms with Crippen LogP contribution in [0.4, 0.5) is 5.13 Å². The van der Waals surface area contributed by atoms with Crippen molar-refractivity contribution >= 4 is 16.7 Å². The Kier molecular flexibility index (Phi) is 5.69. The van der Waals surface area contributed by atoms with Crippen LogP contribution in [0.25, 0.3) is 0 Å². The third-order valence-electron chi connectivity index (χ3n) is 2.17. The molecule has 0 fully saturated rings. The smallest absolute Gasteiger partial charge is 0.202 e. The Balaban J connectivity index is 2.65. The van der Waals surface area contributed by atoms with E-state index in [1.165, 1.54) is 11.5 Å². The molecule has 0 radical (unpaired) electrons. The highest BCUT2D eigenvalue weighted by atomic mass is 32.1. The van der Waals surface area contributed by atoms with Gasteiger partial charge in [-0.15, -0.1) is 0 Å². The second kappa shape index (κ2) is 6.81. The Morgan fingerprint density at radius 3 is 2.69 bits per heavy atom. The average Bonchev–Trinajstić information content (AvgIpc) is 2.70. The van der Waals surface area contributed by atoms with Crippen molar-refractivity contribution in [1.29, 1.82) is 0 Å². The van der Waals surface area contributed by atoms with E-state index in [2.05, 4.69) is 35.4 Å². The van der Waals surface area contributed by atoms with E-state index in [0.29, 0.717) is 12.5 Å². The highest BCUT2D eigenvalue weighted by Gasteiger charge is 2.20. The summed E-state index contributed by atoms with van der Waals surface area (Å²) in [5, 5.41) is 4.13. The van der Waals surface area contributed by atoms with E-state index in [0.717, 1.165) is 23.9 Å². The first-order valence-electron chi connectivity index (χ1n) is 5.88. The molecule has 0 aliphatic heterocycles. The lowest BCUT2D eigenvalue weighted by Gasteiger charge is -2.17. The van der Waals surface area contributed by atoms with Crippen LogP contribution in [0.3, 0.4) is 0 Å². The molecule has 1 rings (SSSR count). The van der Waals surface area contributed by atoms with Crippen molar-refractivity contribution in [1.82, 2.24) is 9.36 Å². The fourth-order valence-electron chi connectivity index (χ4n) is 1.40. The van der Waals surface area contributed by atoms with Crippen LogP contribution in [0.2, 0.25) is 0 Å². The summed E-state index contributed by atoms with van der Waals surface area (Å²) in [6.45, 7) is 10.0. The molecule has 0 saturated heterocycles. The maximum Gasteiger partial charge on any atom is 0.202 e. The zero-order valence-electron chi connectivity index (χ0n) is 10.5. The van der Waals surface area contributed by atoms with Gasteiger partial charge >= 0.3 is 0 Å². The van der Waals surface area contributed by atoms with Crippen LogP contribution in [-0.2, 0) is 4.74 Å². The van der Waals surface area contributed by atoms with Crippen molar-refractivity contribution in [2.24, 2.45) is 5.92 Å². The van der Waals surface area contributed by atoms with Gasteiger partial charge < -0.3 is 10.1 Å². The zero-order valence-corrected chi connectivity index (χ0v) is 11.3. The molecule has 0 aliphatic carbocycles. The molecule has 0 amide bonds. The molecule has 0 spiro atoms. The second-order valence-corrected chi connectivity index (χ2v) is 4.76. The van der Waals surface area contributed by atoms with Crippen molar-refractivity contribution < 1.29 is 4.74 Å². The van der Waals surface area contributed by atoms with Crippen molar-refractivity contribution in [3.8, 4) is 0 Å². The second-order valence-electron chi connectivity index (χ2n) is 4.00. The largest absolute Gasteiger partial charge is 0.370 e. The minimum absolute atomic E-state index is 0.0124. The maximum absolute atomic E-state index is 5.66. The highest BCUT2D eigenvalue weighted by molar-refractivity contribution is 7.09. The molecule has 0 bridgehead atoms. The third-order valence-corrected chi connectivity index (χ3v) is 2.86. The summed E-state index contributed by atoms with van der Waals surface area (Å²) >= 11 is 1.41. The molecule has 92 valence electrons. The molecule has 0 saturated carbocycles. The van der Waals surface area contributed by atoms with E-state index in [1.54, 1.807) is 0 Å². The van der Waals surface area contributed by atoms with Crippen molar-refractivity contribution in [3.63, 3.8) is 0 Å². The first-order chi connectivity index (χ1) is 7.69. The first kappa shape index (κ1) is 13.4. The zero-order chi connectivity index (χ0) is 12.0. The molecule has 1 N–H and O–H groups in total. The van der Waals surface area contributed by atoms with Crippen LogP contribution in [0.5, 0.6) is 0 Å². The predicted octanol–water partition coefficient (Wildman–Crippen LogP) is 3.09. The normalized spacial score (nSPS) is 13.1. The van der Waals surface area contributed by atoms with Crippen LogP contribution in [0.15, 0.2) is 0 Å². The van der Waals surface area contributed by atoms with Gasteiger partial charge in [-0.3, -0.25) is 0 Å². The number of nitrogens with zero attached hydrogens (tertiary/aromatic N) is 2. The highest BCUT2D eigenvalue weighted by Crippen LogP contribution is 2.25. The Hall–Kier alpha value is -0.680. The van der Waals surface area contributed by atoms with Crippen LogP contribution in [0.1, 0.15) is 46.0 Å². The number of ether oxygens (including phenoxy) is 1. The van der Waals surface area contributed by atoms with Gasteiger partial charge in [0.15, 0.2) is 5.82 Å². The number of aromatic nitrogens is 2. The summed E-state index contributed by atoms with van der Waals surface area (Å²) in [5.41, 5.74) is 0. The molecule has 5 heteroatoms. The van der Waals surface area contributed by atoms with Gasteiger partial charge in [0.2, 0.25) is 5.13 Å². The Morgan fingerprint density at radius 2 is 2.12 bits per heavy atom. The van der Waals surface area contributed by atoms with Gasteiger partial charge in [-0.2, -0.15) is 4.37 Å². The van der Waals surface area contributed by atoms with Crippen molar-refractivity contribution in [2.75, 3.05) is 18.5 Å². The first-order valence-corrected chi connectivity index (χ1v) is 6.65. The molecule has 1 aromatic rings. The Bertz CT molecular complexity index is 301. The lowest BCUT2D eigenvalue weighted by molar-refractivity contribution is 0.0241. The maximum atomic E-state index is 5.66. The number of nitrogens with one attached hydrogen (secondary N) is 1. The molecule has 16 heavy (non-hydrogen) atoms. The standard InChI is InChI=1S/C11H21N3OS/c1-5-7-12-11-13-10(14-16-11)9(8(3)4)15-6-2/h8-9H,5-7H2,1-4H3,(H,12,13,14). The Labute approximate surface area is 102 Å². The van der Waals surface area contributed by atoms with E-state index in [4.69, 9.17) is 4.74 Å². The van der Waals surface area contributed by atoms with Crippen LogP contribution < -0.4 is 5.32 Å². The molecule has 0 aromatic carbocycles. The lowest BCUT2D eigenvalue weighted by atomic mass is 10.1. The SMILES string of the molecule is CCCNc1nc(C(OCC)C(C)C)ns1. The number of anilines is 1. The molecule has 1 aromatic heterocycles. The van der Waals surface area contributed by atoms with Gasteiger partial charge in [0, 0.05) is 24.7 Å². The fourth-order valence-corrected chi connectivity index (χ4v) is 2.02. The van der Waals surface area contributed by atoms with Crippen LogP contribution in [-0.4, -0.2) is 22.5 Å². The number of hydrogen-bond donors (Lipinski definition) is 1. The topological polar surface area (TPSA) is 47.0 Å². The fraction of sp³-hybridized carbons (Fsp3) is 0.818. The summed E-state index contributed by atoms with van der Waals surface area (Å²) in [4.78, 5) is 4.46. The summed E-state index contributed by atoms with van der Waals surface area (Å²) in [5.74, 6) is 1.20. The minimum Gasteiger partial charge on any atom is -0.370 e. The van der Waals surface area contributed by atoms with Gasteiger partial charge in [0.05, 0.1) is 0 Å². The molecule has 4 nitrogen and oxygen atoms in total. The number of rotatable bonds is 7. The van der Waals surface area contributed by atoms with E-state index in [1.807, 2.05) is 6.92 Å². The van der Waals surface area contributed by atoms with Gasteiger partial charge in [-0.1, -0.05) is 20.8 Å². The molecule has 1 unspecified atom stereocenters. The molecular formula is C11H21N3OS. The summed E-state index contributed by atoms with van der Waals surface area (Å²) in [7, 11) is 0. The Morgan fingerprint density at radius 1 is 1.38 bits per heavy atom. The number of hydrogen-bond acceptors (Lipinski definition) is 5. The van der Waals surface area contributed by atoms with Gasteiger partial charge in [0.25, 0.3) is 0 Å². The molecule has 0 aliphatic rings. The summed E-state index contributed by atoms with van der Waals surface area (Å²) < 4.78 is 10.0. The van der Waals surface area contributed by atoms with Crippen LogP contribution in [0, 0.1) is 5.92 Å². The summed E-state index contributed by atoms with van der Waals surface area (Å²) in [6, 6.07) is 0. The molecular weight excluding hydrogens is 222 g/mol. The van der Waals surface area contributed by atoms with Gasteiger partial charge in [-0.05, 0) is 19.3 Å². The van der Waals surface area contributed by atoms with E-state index >= 15 is 0 Å². The lowest BCUT2D eigenvalue weighted by Crippen LogP contribution is -2.12. The minimum atomic E-state index is 0.0124. The molecule has 1 heterocycles. The van der Waals surface area contributed by atoms with Crippen molar-refractivity contribution in [3.05, 3.63) is 5.82 Å². The van der Waals surface area contributed by atoms with E-state index in [-0.39, 0.29) is 6.10 Å². The van der Waals surface area contributed by atoms with Gasteiger partial charge in [0.1, 0.15) is 6.10 Å². The van der Waals surface area contributed by atoms with Crippen LogP contribution >= 0.6 is 11.5 Å². The average molecular weight is 243 g/mol. The van der Waals surface area contributed by atoms with Crippen molar-refractivity contribution in [2.45, 2.75) is 40.2 Å². The third kappa shape index (κ3) is 3.72.